The first-order valence-electron chi connectivity index (χ1n) is 8.39. The normalized spacial score (nSPS) is 17.9. The standard InChI is InChI=1S/C18H20N4OS/c1-2-10-23-15(4-1)6-8-22-9-7-19-18(22)14-12-20-17(21-13-14)16-5-3-11-24-16/h3,5,7,9,11-13,15H,1-2,4,6,8,10H2/t15-/m0/s1. The number of aryl methyl sites for hydroxylation is 1. The fraction of sp³-hybridized carbons (Fsp3) is 0.389. The van der Waals surface area contributed by atoms with Crippen LogP contribution in [0.2, 0.25) is 0 Å². The minimum Gasteiger partial charge on any atom is -0.378 e. The molecule has 0 unspecified atom stereocenters. The summed E-state index contributed by atoms with van der Waals surface area (Å²) in [6.45, 7) is 1.81. The van der Waals surface area contributed by atoms with Gasteiger partial charge in [0.05, 0.1) is 16.5 Å². The summed E-state index contributed by atoms with van der Waals surface area (Å²) in [4.78, 5) is 14.5. The van der Waals surface area contributed by atoms with E-state index in [4.69, 9.17) is 4.74 Å². The lowest BCUT2D eigenvalue weighted by Gasteiger charge is -2.22. The van der Waals surface area contributed by atoms with Gasteiger partial charge in [0.15, 0.2) is 5.82 Å². The van der Waals surface area contributed by atoms with Crippen molar-refractivity contribution in [3.05, 3.63) is 42.3 Å². The molecule has 0 bridgehead atoms. The van der Waals surface area contributed by atoms with Crippen LogP contribution < -0.4 is 0 Å². The molecule has 4 heterocycles. The van der Waals surface area contributed by atoms with Gasteiger partial charge >= 0.3 is 0 Å². The molecular formula is C18H20N4OS. The summed E-state index contributed by atoms with van der Waals surface area (Å²) in [7, 11) is 0. The van der Waals surface area contributed by atoms with E-state index in [0.717, 1.165) is 41.7 Å². The Kier molecular flexibility index (Phi) is 4.66. The van der Waals surface area contributed by atoms with Crippen molar-refractivity contribution >= 4 is 11.3 Å². The Bertz CT molecular complexity index is 761. The molecule has 1 fully saturated rings. The molecule has 0 spiro atoms. The van der Waals surface area contributed by atoms with Crippen LogP contribution in [-0.4, -0.2) is 32.2 Å². The number of thiophene rings is 1. The van der Waals surface area contributed by atoms with Crippen molar-refractivity contribution in [1.29, 1.82) is 0 Å². The summed E-state index contributed by atoms with van der Waals surface area (Å²) >= 11 is 1.65. The van der Waals surface area contributed by atoms with Gasteiger partial charge in [-0.25, -0.2) is 15.0 Å². The summed E-state index contributed by atoms with van der Waals surface area (Å²) < 4.78 is 7.99. The minimum atomic E-state index is 0.381. The number of hydrogen-bond donors (Lipinski definition) is 0. The van der Waals surface area contributed by atoms with E-state index in [9.17, 15) is 0 Å². The first-order chi connectivity index (χ1) is 11.9. The second-order valence-corrected chi connectivity index (χ2v) is 6.94. The summed E-state index contributed by atoms with van der Waals surface area (Å²) in [5.41, 5.74) is 0.949. The van der Waals surface area contributed by atoms with Crippen LogP contribution in [0.5, 0.6) is 0 Å². The Morgan fingerprint density at radius 1 is 1.21 bits per heavy atom. The quantitative estimate of drug-likeness (QED) is 0.704. The molecule has 0 N–H and O–H groups in total. The van der Waals surface area contributed by atoms with Gasteiger partial charge in [0.2, 0.25) is 0 Å². The summed E-state index contributed by atoms with van der Waals surface area (Å²) in [5, 5.41) is 2.03. The Morgan fingerprint density at radius 3 is 2.88 bits per heavy atom. The topological polar surface area (TPSA) is 52.8 Å². The van der Waals surface area contributed by atoms with Gasteiger partial charge in [-0.1, -0.05) is 6.07 Å². The highest BCUT2D eigenvalue weighted by atomic mass is 32.1. The average Bonchev–Trinajstić information content (AvgIpc) is 3.33. The summed E-state index contributed by atoms with van der Waals surface area (Å²) in [6, 6.07) is 4.04. The zero-order valence-corrected chi connectivity index (χ0v) is 14.3. The molecule has 1 aliphatic rings. The van der Waals surface area contributed by atoms with E-state index in [1.807, 2.05) is 42.3 Å². The molecular weight excluding hydrogens is 320 g/mol. The van der Waals surface area contributed by atoms with Crippen LogP contribution >= 0.6 is 11.3 Å². The minimum absolute atomic E-state index is 0.381. The van der Waals surface area contributed by atoms with Crippen LogP contribution in [0.3, 0.4) is 0 Å². The van der Waals surface area contributed by atoms with Gasteiger partial charge in [0.1, 0.15) is 5.82 Å². The highest BCUT2D eigenvalue weighted by Crippen LogP contribution is 2.23. The van der Waals surface area contributed by atoms with Gasteiger partial charge in [0, 0.05) is 37.9 Å². The lowest BCUT2D eigenvalue weighted by atomic mass is 10.1. The van der Waals surface area contributed by atoms with E-state index in [-0.39, 0.29) is 0 Å². The van der Waals surface area contributed by atoms with Crippen LogP contribution in [0.4, 0.5) is 0 Å². The molecule has 24 heavy (non-hydrogen) atoms. The Morgan fingerprint density at radius 2 is 2.12 bits per heavy atom. The molecule has 3 aromatic rings. The first kappa shape index (κ1) is 15.5. The molecule has 4 rings (SSSR count). The van der Waals surface area contributed by atoms with Crippen molar-refractivity contribution in [1.82, 2.24) is 19.5 Å². The highest BCUT2D eigenvalue weighted by molar-refractivity contribution is 7.13. The van der Waals surface area contributed by atoms with E-state index in [1.54, 1.807) is 11.3 Å². The van der Waals surface area contributed by atoms with Gasteiger partial charge in [-0.05, 0) is 37.1 Å². The Labute approximate surface area is 145 Å². The predicted molar refractivity (Wildman–Crippen MR) is 94.8 cm³/mol. The fourth-order valence-corrected chi connectivity index (χ4v) is 3.72. The third kappa shape index (κ3) is 3.39. The van der Waals surface area contributed by atoms with Crippen LogP contribution in [0.15, 0.2) is 42.3 Å². The maximum absolute atomic E-state index is 5.82. The second kappa shape index (κ2) is 7.23. The molecule has 0 saturated carbocycles. The highest BCUT2D eigenvalue weighted by Gasteiger charge is 2.15. The SMILES string of the molecule is c1csc(-c2ncc(-c3nccn3CC[C@@H]3CCCCO3)cn2)c1. The van der Waals surface area contributed by atoms with Gasteiger partial charge in [-0.2, -0.15) is 0 Å². The molecule has 1 saturated heterocycles. The molecule has 1 atom stereocenters. The van der Waals surface area contributed by atoms with E-state index >= 15 is 0 Å². The molecule has 0 amide bonds. The smallest absolute Gasteiger partial charge is 0.169 e. The monoisotopic (exact) mass is 340 g/mol. The number of ether oxygens (including phenoxy) is 1. The molecule has 3 aromatic heterocycles. The molecule has 0 aliphatic carbocycles. The molecule has 1 aliphatic heterocycles. The predicted octanol–water partition coefficient (Wildman–Crippen LogP) is 4.03. The van der Waals surface area contributed by atoms with Gasteiger partial charge in [0.25, 0.3) is 0 Å². The van der Waals surface area contributed by atoms with Gasteiger partial charge < -0.3 is 9.30 Å². The summed E-state index contributed by atoms with van der Waals surface area (Å²) in [5.74, 6) is 1.69. The van der Waals surface area contributed by atoms with Crippen molar-refractivity contribution in [3.8, 4) is 22.1 Å². The number of rotatable bonds is 5. The van der Waals surface area contributed by atoms with Crippen LogP contribution in [0, 0.1) is 0 Å². The third-order valence-electron chi connectivity index (χ3n) is 4.33. The third-order valence-corrected chi connectivity index (χ3v) is 5.20. The van der Waals surface area contributed by atoms with Gasteiger partial charge in [-0.15, -0.1) is 11.3 Å². The Hall–Kier alpha value is -2.05. The maximum atomic E-state index is 5.82. The van der Waals surface area contributed by atoms with Crippen molar-refractivity contribution in [2.45, 2.75) is 38.3 Å². The lowest BCUT2D eigenvalue weighted by molar-refractivity contribution is 0.00887. The largest absolute Gasteiger partial charge is 0.378 e. The lowest BCUT2D eigenvalue weighted by Crippen LogP contribution is -2.20. The zero-order valence-electron chi connectivity index (χ0n) is 13.5. The van der Waals surface area contributed by atoms with E-state index in [2.05, 4.69) is 19.5 Å². The first-order valence-corrected chi connectivity index (χ1v) is 9.27. The Balaban J connectivity index is 1.47. The van der Waals surface area contributed by atoms with Crippen molar-refractivity contribution < 1.29 is 4.74 Å². The van der Waals surface area contributed by atoms with E-state index < -0.39 is 0 Å². The van der Waals surface area contributed by atoms with Crippen molar-refractivity contribution in [3.63, 3.8) is 0 Å². The van der Waals surface area contributed by atoms with Crippen LogP contribution in [-0.2, 0) is 11.3 Å². The second-order valence-electron chi connectivity index (χ2n) is 5.99. The molecule has 124 valence electrons. The average molecular weight is 340 g/mol. The number of nitrogens with zero attached hydrogens (tertiary/aromatic N) is 4. The zero-order chi connectivity index (χ0) is 16.2. The maximum Gasteiger partial charge on any atom is 0.169 e. The van der Waals surface area contributed by atoms with Crippen LogP contribution in [0.25, 0.3) is 22.1 Å². The van der Waals surface area contributed by atoms with Crippen molar-refractivity contribution in [2.24, 2.45) is 0 Å². The number of aromatic nitrogens is 4. The van der Waals surface area contributed by atoms with Crippen LogP contribution in [0.1, 0.15) is 25.7 Å². The van der Waals surface area contributed by atoms with Crippen molar-refractivity contribution in [2.75, 3.05) is 6.61 Å². The molecule has 5 nitrogen and oxygen atoms in total. The number of hydrogen-bond acceptors (Lipinski definition) is 5. The fourth-order valence-electron chi connectivity index (χ4n) is 3.04. The van der Waals surface area contributed by atoms with Gasteiger partial charge in [-0.3, -0.25) is 0 Å². The van der Waals surface area contributed by atoms with E-state index in [0.29, 0.717) is 6.10 Å². The van der Waals surface area contributed by atoms with E-state index in [1.165, 1.54) is 19.3 Å². The summed E-state index contributed by atoms with van der Waals surface area (Å²) in [6.07, 6.45) is 12.6. The number of imidazole rings is 1. The molecule has 6 heteroatoms. The molecule has 0 radical (unpaired) electrons. The molecule has 0 aromatic carbocycles.